The van der Waals surface area contributed by atoms with Crippen LogP contribution in [0.25, 0.3) is 10.8 Å². The highest BCUT2D eigenvalue weighted by atomic mass is 19.4. The first-order valence-corrected chi connectivity index (χ1v) is 7.80. The quantitative estimate of drug-likeness (QED) is 0.428. The van der Waals surface area contributed by atoms with Crippen LogP contribution in [0, 0.1) is 0 Å². The van der Waals surface area contributed by atoms with Crippen molar-refractivity contribution in [3.8, 4) is 0 Å². The summed E-state index contributed by atoms with van der Waals surface area (Å²) in [5.41, 5.74) is 0.850. The highest BCUT2D eigenvalue weighted by Gasteiger charge is 2.75. The van der Waals surface area contributed by atoms with E-state index < -0.39 is 30.2 Å². The molecule has 0 spiro atoms. The lowest BCUT2D eigenvalue weighted by Gasteiger charge is -2.26. The minimum absolute atomic E-state index is 0.206. The van der Waals surface area contributed by atoms with Crippen molar-refractivity contribution in [1.29, 1.82) is 0 Å². The molecule has 0 heterocycles. The summed E-state index contributed by atoms with van der Waals surface area (Å²) in [4.78, 5) is 11.2. The van der Waals surface area contributed by atoms with E-state index in [1.165, 1.54) is 0 Å². The Bertz CT molecular complexity index is 780. The molecule has 26 heavy (non-hydrogen) atoms. The molecule has 0 unspecified atom stereocenters. The Morgan fingerprint density at radius 2 is 1.42 bits per heavy atom. The third-order valence-electron chi connectivity index (χ3n) is 4.03. The minimum atomic E-state index is -6.49. The molecule has 0 saturated carbocycles. The Hall–Kier alpha value is -2.12. The van der Waals surface area contributed by atoms with Gasteiger partial charge in [0.2, 0.25) is 5.78 Å². The topological polar surface area (TPSA) is 17.1 Å². The fourth-order valence-electron chi connectivity index (χ4n) is 2.52. The summed E-state index contributed by atoms with van der Waals surface area (Å²) in [5.74, 6) is -14.6. The van der Waals surface area contributed by atoms with E-state index in [9.17, 15) is 35.5 Å². The van der Waals surface area contributed by atoms with Gasteiger partial charge in [-0.2, -0.15) is 30.7 Å². The smallest absolute Gasteiger partial charge is 0.293 e. The second-order valence-electron chi connectivity index (χ2n) is 5.96. The molecule has 0 fully saturated rings. The number of aryl methyl sites for hydroxylation is 1. The predicted octanol–water partition coefficient (Wildman–Crippen LogP) is 5.95. The lowest BCUT2D eigenvalue weighted by atomic mass is 9.99. The number of carbonyl (C=O) groups excluding carboxylic acids is 1. The molecule has 1 nitrogen and oxygen atoms in total. The van der Waals surface area contributed by atoms with Gasteiger partial charge in [0, 0.05) is 6.42 Å². The number of rotatable bonds is 7. The number of carbonyl (C=O) groups is 1. The van der Waals surface area contributed by atoms with E-state index in [2.05, 4.69) is 0 Å². The van der Waals surface area contributed by atoms with Crippen molar-refractivity contribution >= 4 is 16.6 Å². The van der Waals surface area contributed by atoms with Crippen molar-refractivity contribution in [1.82, 2.24) is 0 Å². The number of Topliss-reactive ketones (excluding diaryl/α,β-unsaturated/α-hetero) is 1. The van der Waals surface area contributed by atoms with Gasteiger partial charge in [0.25, 0.3) is 0 Å². The van der Waals surface area contributed by atoms with Gasteiger partial charge in [-0.15, -0.1) is 0 Å². The Kier molecular flexibility index (Phi) is 5.63. The van der Waals surface area contributed by atoms with Crippen LogP contribution in [0.5, 0.6) is 0 Å². The Balaban J connectivity index is 1.91. The number of halogens is 7. The van der Waals surface area contributed by atoms with Gasteiger partial charge in [0.05, 0.1) is 0 Å². The van der Waals surface area contributed by atoms with Crippen LogP contribution in [-0.2, 0) is 11.2 Å². The zero-order chi connectivity index (χ0) is 19.6. The Labute approximate surface area is 144 Å². The average molecular weight is 380 g/mol. The highest BCUT2D eigenvalue weighted by Crippen LogP contribution is 2.47. The molecule has 2 aromatic rings. The fraction of sp³-hybridized carbons (Fsp3) is 0.389. The van der Waals surface area contributed by atoms with Crippen molar-refractivity contribution in [2.75, 3.05) is 0 Å². The zero-order valence-electron chi connectivity index (χ0n) is 13.4. The first-order chi connectivity index (χ1) is 12.0. The summed E-state index contributed by atoms with van der Waals surface area (Å²) in [6, 6.07) is 13.0. The maximum atomic E-state index is 13.2. The first-order valence-electron chi connectivity index (χ1n) is 7.80. The molecule has 0 N–H and O–H groups in total. The van der Waals surface area contributed by atoms with Crippen molar-refractivity contribution < 1.29 is 35.5 Å². The summed E-state index contributed by atoms with van der Waals surface area (Å²) in [7, 11) is 0. The molecule has 142 valence electrons. The van der Waals surface area contributed by atoms with E-state index in [1.54, 1.807) is 6.07 Å². The summed E-state index contributed by atoms with van der Waals surface area (Å²) in [6.45, 7) is 0. The van der Waals surface area contributed by atoms with Crippen LogP contribution in [0.1, 0.15) is 24.8 Å². The number of benzene rings is 2. The molecule has 0 aliphatic rings. The van der Waals surface area contributed by atoms with Crippen LogP contribution >= 0.6 is 0 Å². The van der Waals surface area contributed by atoms with Crippen LogP contribution < -0.4 is 0 Å². The Morgan fingerprint density at radius 1 is 0.808 bits per heavy atom. The largest absolute Gasteiger partial charge is 0.460 e. The average Bonchev–Trinajstić information content (AvgIpc) is 2.57. The molecule has 0 aliphatic heterocycles. The highest BCUT2D eigenvalue weighted by molar-refractivity contribution is 5.87. The van der Waals surface area contributed by atoms with Gasteiger partial charge in [-0.1, -0.05) is 42.5 Å². The third-order valence-corrected chi connectivity index (χ3v) is 4.03. The molecule has 2 rings (SSSR count). The van der Waals surface area contributed by atoms with E-state index in [0.717, 1.165) is 16.3 Å². The van der Waals surface area contributed by atoms with Gasteiger partial charge in [-0.3, -0.25) is 4.79 Å². The summed E-state index contributed by atoms with van der Waals surface area (Å²) >= 11 is 0. The molecular weight excluding hydrogens is 365 g/mol. The second kappa shape index (κ2) is 7.25. The fourth-order valence-corrected chi connectivity index (χ4v) is 2.52. The molecule has 2 aromatic carbocycles. The van der Waals surface area contributed by atoms with Crippen molar-refractivity contribution in [2.24, 2.45) is 0 Å². The number of unbranched alkanes of at least 4 members (excludes halogenated alkanes) is 1. The molecule has 0 bridgehead atoms. The monoisotopic (exact) mass is 380 g/mol. The molecule has 0 radical (unpaired) electrons. The van der Waals surface area contributed by atoms with Crippen LogP contribution in [0.15, 0.2) is 42.5 Å². The second-order valence-corrected chi connectivity index (χ2v) is 5.96. The molecule has 0 aromatic heterocycles. The zero-order valence-corrected chi connectivity index (χ0v) is 13.4. The standard InChI is InChI=1S/C18H15F7O/c19-16(20,17(21,22)18(23,24)25)15(26)8-4-1-5-12-9-10-13-6-2-3-7-14(13)11-12/h2-3,6-7,9-11H,1,4-5,8H2. The van der Waals surface area contributed by atoms with Gasteiger partial charge >= 0.3 is 18.0 Å². The van der Waals surface area contributed by atoms with E-state index in [-0.39, 0.29) is 12.8 Å². The predicted molar refractivity (Wildman–Crippen MR) is 82.5 cm³/mol. The summed E-state index contributed by atoms with van der Waals surface area (Å²) < 4.78 is 88.1. The lowest BCUT2D eigenvalue weighted by molar-refractivity contribution is -0.343. The number of fused-ring (bicyclic) bond motifs is 1. The van der Waals surface area contributed by atoms with Gasteiger partial charge in [-0.25, -0.2) is 0 Å². The van der Waals surface area contributed by atoms with Crippen LogP contribution in [0.4, 0.5) is 30.7 Å². The van der Waals surface area contributed by atoms with Gasteiger partial charge in [-0.05, 0) is 35.6 Å². The van der Waals surface area contributed by atoms with E-state index in [0.29, 0.717) is 6.42 Å². The normalized spacial score (nSPS) is 13.2. The van der Waals surface area contributed by atoms with Crippen LogP contribution in [-0.4, -0.2) is 23.8 Å². The summed E-state index contributed by atoms with van der Waals surface area (Å²) in [6.07, 6.45) is -7.16. The molecule has 0 atom stereocenters. The lowest BCUT2D eigenvalue weighted by Crippen LogP contribution is -2.56. The minimum Gasteiger partial charge on any atom is -0.293 e. The summed E-state index contributed by atoms with van der Waals surface area (Å²) in [5, 5.41) is 1.96. The van der Waals surface area contributed by atoms with Crippen molar-refractivity contribution in [3.05, 3.63) is 48.0 Å². The Morgan fingerprint density at radius 3 is 2.04 bits per heavy atom. The molecule has 8 heteroatoms. The van der Waals surface area contributed by atoms with E-state index in [4.69, 9.17) is 0 Å². The number of ketones is 1. The molecule has 0 aliphatic carbocycles. The van der Waals surface area contributed by atoms with Gasteiger partial charge in [0.15, 0.2) is 0 Å². The van der Waals surface area contributed by atoms with Crippen LogP contribution in [0.3, 0.4) is 0 Å². The van der Waals surface area contributed by atoms with Crippen molar-refractivity contribution in [2.45, 2.75) is 43.7 Å². The third kappa shape index (κ3) is 3.99. The molecular formula is C18H15F7O. The SMILES string of the molecule is O=C(CCCCc1ccc2ccccc2c1)C(F)(F)C(F)(F)C(F)(F)F. The van der Waals surface area contributed by atoms with Gasteiger partial charge < -0.3 is 0 Å². The molecule has 0 saturated heterocycles. The van der Waals surface area contributed by atoms with Crippen LogP contribution in [0.2, 0.25) is 0 Å². The van der Waals surface area contributed by atoms with E-state index in [1.807, 2.05) is 36.4 Å². The maximum Gasteiger partial charge on any atom is 0.460 e. The number of alkyl halides is 7. The van der Waals surface area contributed by atoms with Crippen molar-refractivity contribution in [3.63, 3.8) is 0 Å². The number of hydrogen-bond donors (Lipinski definition) is 0. The first kappa shape index (κ1) is 20.2. The maximum absolute atomic E-state index is 13.2. The van der Waals surface area contributed by atoms with E-state index >= 15 is 0 Å². The number of hydrogen-bond acceptors (Lipinski definition) is 1. The van der Waals surface area contributed by atoms with Gasteiger partial charge in [0.1, 0.15) is 0 Å². The molecule has 0 amide bonds.